The fourth-order valence-electron chi connectivity index (χ4n) is 4.84. The van der Waals surface area contributed by atoms with Gasteiger partial charge in [-0.15, -0.1) is 0 Å². The lowest BCUT2D eigenvalue weighted by Crippen LogP contribution is -2.36. The summed E-state index contributed by atoms with van der Waals surface area (Å²) < 4.78 is 42.2. The summed E-state index contributed by atoms with van der Waals surface area (Å²) in [6.07, 6.45) is 11.8. The number of nitrogens with zero attached hydrogens (tertiary/aromatic N) is 3. The molecule has 33 heavy (non-hydrogen) atoms. The van der Waals surface area contributed by atoms with Crippen molar-refractivity contribution in [1.82, 2.24) is 19.3 Å². The molecule has 0 aliphatic heterocycles. The van der Waals surface area contributed by atoms with Crippen LogP contribution in [0.3, 0.4) is 0 Å². The first-order valence-corrected chi connectivity index (χ1v) is 12.6. The molecule has 0 radical (unpaired) electrons. The SMILES string of the molecule is C=CS(=O)(=O)NC1CCC(n2cnc(-c3ccc(F)cc3)c2-c2ccnc3c2C=CC3)CC1. The predicted molar refractivity (Wildman–Crippen MR) is 127 cm³/mol. The smallest absolute Gasteiger partial charge is 0.233 e. The van der Waals surface area contributed by atoms with Crippen LogP contribution >= 0.6 is 0 Å². The zero-order chi connectivity index (χ0) is 23.0. The Kier molecular flexibility index (Phi) is 5.72. The Labute approximate surface area is 193 Å². The molecule has 1 N–H and O–H groups in total. The molecule has 8 heteroatoms. The van der Waals surface area contributed by atoms with Gasteiger partial charge < -0.3 is 4.57 Å². The third kappa shape index (κ3) is 4.28. The average molecular weight is 465 g/mol. The van der Waals surface area contributed by atoms with Gasteiger partial charge >= 0.3 is 0 Å². The van der Waals surface area contributed by atoms with Crippen LogP contribution in [0.4, 0.5) is 4.39 Å². The molecule has 1 saturated carbocycles. The summed E-state index contributed by atoms with van der Waals surface area (Å²) in [6, 6.07) is 8.51. The first-order chi connectivity index (χ1) is 15.9. The second-order valence-electron chi connectivity index (χ2n) is 8.52. The maximum atomic E-state index is 13.6. The summed E-state index contributed by atoms with van der Waals surface area (Å²) in [6.45, 7) is 3.37. The van der Waals surface area contributed by atoms with Crippen molar-refractivity contribution in [2.24, 2.45) is 0 Å². The number of fused-ring (bicyclic) bond motifs is 1. The van der Waals surface area contributed by atoms with Gasteiger partial charge in [0.05, 0.1) is 23.4 Å². The number of hydrogen-bond acceptors (Lipinski definition) is 4. The number of aromatic nitrogens is 3. The van der Waals surface area contributed by atoms with Crippen molar-refractivity contribution in [2.75, 3.05) is 0 Å². The Morgan fingerprint density at radius 1 is 1.09 bits per heavy atom. The molecule has 2 aliphatic carbocycles. The van der Waals surface area contributed by atoms with Crippen LogP contribution in [0.2, 0.25) is 0 Å². The minimum atomic E-state index is -3.45. The molecule has 1 fully saturated rings. The van der Waals surface area contributed by atoms with Gasteiger partial charge in [0.1, 0.15) is 5.82 Å². The van der Waals surface area contributed by atoms with Crippen LogP contribution in [0.25, 0.3) is 28.6 Å². The normalized spacial score (nSPS) is 20.0. The molecule has 5 rings (SSSR count). The molecule has 3 aromatic rings. The number of rotatable bonds is 6. The third-order valence-electron chi connectivity index (χ3n) is 6.48. The lowest BCUT2D eigenvalue weighted by molar-refractivity contribution is 0.313. The van der Waals surface area contributed by atoms with E-state index >= 15 is 0 Å². The number of nitrogens with one attached hydrogen (secondary N) is 1. The second-order valence-corrected chi connectivity index (χ2v) is 10.2. The van der Waals surface area contributed by atoms with E-state index in [4.69, 9.17) is 4.98 Å². The second kappa shape index (κ2) is 8.68. The highest BCUT2D eigenvalue weighted by atomic mass is 32.2. The fraction of sp³-hybridized carbons (Fsp3) is 0.280. The van der Waals surface area contributed by atoms with E-state index in [0.29, 0.717) is 0 Å². The van der Waals surface area contributed by atoms with Crippen LogP contribution in [0.5, 0.6) is 0 Å². The van der Waals surface area contributed by atoms with Crippen LogP contribution in [0.15, 0.2) is 60.9 Å². The summed E-state index contributed by atoms with van der Waals surface area (Å²) in [7, 11) is -3.45. The summed E-state index contributed by atoms with van der Waals surface area (Å²) in [5, 5.41) is 0.958. The quantitative estimate of drug-likeness (QED) is 0.565. The van der Waals surface area contributed by atoms with Gasteiger partial charge in [0, 0.05) is 46.8 Å². The fourth-order valence-corrected chi connectivity index (χ4v) is 5.63. The maximum Gasteiger partial charge on any atom is 0.233 e. The summed E-state index contributed by atoms with van der Waals surface area (Å²) >= 11 is 0. The molecule has 0 amide bonds. The third-order valence-corrected chi connectivity index (χ3v) is 7.58. The van der Waals surface area contributed by atoms with E-state index in [9.17, 15) is 12.8 Å². The Bertz CT molecular complexity index is 1320. The highest BCUT2D eigenvalue weighted by Gasteiger charge is 2.29. The topological polar surface area (TPSA) is 76.9 Å². The number of halogens is 1. The zero-order valence-corrected chi connectivity index (χ0v) is 18.9. The Morgan fingerprint density at radius 2 is 1.85 bits per heavy atom. The van der Waals surface area contributed by atoms with Crippen LogP contribution in [0, 0.1) is 5.82 Å². The van der Waals surface area contributed by atoms with Gasteiger partial charge in [-0.3, -0.25) is 4.98 Å². The van der Waals surface area contributed by atoms with Crippen molar-refractivity contribution in [3.05, 3.63) is 78.0 Å². The van der Waals surface area contributed by atoms with Crippen molar-refractivity contribution in [1.29, 1.82) is 0 Å². The van der Waals surface area contributed by atoms with Crippen LogP contribution in [0.1, 0.15) is 43.0 Å². The van der Waals surface area contributed by atoms with Crippen LogP contribution in [-0.4, -0.2) is 29.0 Å². The molecule has 0 atom stereocenters. The first-order valence-electron chi connectivity index (χ1n) is 11.1. The van der Waals surface area contributed by atoms with E-state index in [-0.39, 0.29) is 17.9 Å². The van der Waals surface area contributed by atoms with Crippen molar-refractivity contribution < 1.29 is 12.8 Å². The molecule has 0 spiro atoms. The van der Waals surface area contributed by atoms with Gasteiger partial charge in [-0.25, -0.2) is 22.5 Å². The first kappa shape index (κ1) is 21.7. The molecule has 1 aromatic carbocycles. The van der Waals surface area contributed by atoms with E-state index in [1.54, 1.807) is 12.1 Å². The minimum absolute atomic E-state index is 0.0964. The van der Waals surface area contributed by atoms with Gasteiger partial charge in [-0.1, -0.05) is 18.7 Å². The predicted octanol–water partition coefficient (Wildman–Crippen LogP) is 4.87. The number of benzene rings is 1. The minimum Gasteiger partial charge on any atom is -0.327 e. The lowest BCUT2D eigenvalue weighted by Gasteiger charge is -2.30. The maximum absolute atomic E-state index is 13.6. The molecule has 6 nitrogen and oxygen atoms in total. The highest BCUT2D eigenvalue weighted by Crippen LogP contribution is 2.40. The lowest BCUT2D eigenvalue weighted by atomic mass is 9.90. The standard InChI is InChI=1S/C25H25FN4O2S/c1-2-33(31,32)29-19-10-12-20(13-11-19)30-16-28-24(17-6-8-18(26)9-7-17)25(30)22-14-15-27-23-5-3-4-21(22)23/h2-4,6-9,14-16,19-20,29H,1,5,10-13H2. The van der Waals surface area contributed by atoms with E-state index in [2.05, 4.69) is 33.0 Å². The number of imidazole rings is 1. The monoisotopic (exact) mass is 464 g/mol. The number of allylic oxidation sites excluding steroid dienone is 1. The molecule has 2 heterocycles. The number of sulfonamides is 1. The van der Waals surface area contributed by atoms with Crippen molar-refractivity contribution in [3.63, 3.8) is 0 Å². The molecular weight excluding hydrogens is 439 g/mol. The van der Waals surface area contributed by atoms with E-state index in [0.717, 1.165) is 71.3 Å². The average Bonchev–Trinajstić information content (AvgIpc) is 3.47. The summed E-state index contributed by atoms with van der Waals surface area (Å²) in [5.41, 5.74) is 5.83. The Hall–Kier alpha value is -3.10. The number of hydrogen-bond donors (Lipinski definition) is 1. The summed E-state index contributed by atoms with van der Waals surface area (Å²) in [4.78, 5) is 9.28. The zero-order valence-electron chi connectivity index (χ0n) is 18.1. The van der Waals surface area contributed by atoms with Gasteiger partial charge in [0.2, 0.25) is 10.0 Å². The van der Waals surface area contributed by atoms with Crippen LogP contribution < -0.4 is 4.72 Å². The Morgan fingerprint density at radius 3 is 2.58 bits per heavy atom. The van der Waals surface area contributed by atoms with Gasteiger partial charge in [-0.2, -0.15) is 0 Å². The highest BCUT2D eigenvalue weighted by molar-refractivity contribution is 7.92. The van der Waals surface area contributed by atoms with E-state index in [1.165, 1.54) is 12.1 Å². The van der Waals surface area contributed by atoms with Crippen LogP contribution in [-0.2, 0) is 16.4 Å². The van der Waals surface area contributed by atoms with Crippen molar-refractivity contribution in [2.45, 2.75) is 44.2 Å². The Balaban J connectivity index is 1.53. The number of pyridine rings is 1. The molecule has 2 aliphatic rings. The molecule has 0 saturated heterocycles. The van der Waals surface area contributed by atoms with E-state index < -0.39 is 10.0 Å². The molecule has 2 aromatic heterocycles. The molecule has 0 bridgehead atoms. The van der Waals surface area contributed by atoms with E-state index in [1.807, 2.05) is 18.6 Å². The van der Waals surface area contributed by atoms with Crippen molar-refractivity contribution >= 4 is 16.1 Å². The largest absolute Gasteiger partial charge is 0.327 e. The molecule has 0 unspecified atom stereocenters. The van der Waals surface area contributed by atoms with Gasteiger partial charge in [0.15, 0.2) is 0 Å². The van der Waals surface area contributed by atoms with Crippen molar-refractivity contribution in [3.8, 4) is 22.5 Å². The van der Waals surface area contributed by atoms with Gasteiger partial charge in [0.25, 0.3) is 0 Å². The summed E-state index contributed by atoms with van der Waals surface area (Å²) in [5.74, 6) is -0.284. The molecular formula is C25H25FN4O2S. The van der Waals surface area contributed by atoms with Gasteiger partial charge in [-0.05, 0) is 56.0 Å². The molecule has 170 valence electrons.